The smallest absolute Gasteiger partial charge is 0.201 e. The molecule has 0 spiro atoms. The molecule has 0 saturated heterocycles. The van der Waals surface area contributed by atoms with Crippen LogP contribution in [0.15, 0.2) is 65.6 Å². The number of rotatable bonds is 1. The molecule has 4 nitrogen and oxygen atoms in total. The lowest BCUT2D eigenvalue weighted by molar-refractivity contribution is 0.420. The van der Waals surface area contributed by atoms with Crippen molar-refractivity contribution in [1.29, 1.82) is 0 Å². The zero-order valence-electron chi connectivity index (χ0n) is 14.5. The van der Waals surface area contributed by atoms with Gasteiger partial charge in [0.15, 0.2) is 0 Å². The van der Waals surface area contributed by atoms with Crippen molar-refractivity contribution in [2.24, 2.45) is 7.05 Å². The Hall–Kier alpha value is -3.40. The summed E-state index contributed by atoms with van der Waals surface area (Å²) in [6, 6.07) is 17.8. The van der Waals surface area contributed by atoms with Crippen molar-refractivity contribution in [3.05, 3.63) is 71.0 Å². The van der Waals surface area contributed by atoms with E-state index in [0.717, 1.165) is 32.7 Å². The van der Waals surface area contributed by atoms with Gasteiger partial charge in [0.1, 0.15) is 5.75 Å². The number of pyridine rings is 2. The summed E-state index contributed by atoms with van der Waals surface area (Å²) < 4.78 is 7.64. The Labute approximate surface area is 149 Å². The first-order valence-corrected chi connectivity index (χ1v) is 8.46. The number of aromatic nitrogens is 2. The molecule has 0 saturated carbocycles. The fourth-order valence-corrected chi connectivity index (χ4v) is 3.93. The van der Waals surface area contributed by atoms with E-state index < -0.39 is 0 Å². The lowest BCUT2D eigenvalue weighted by atomic mass is 10.0. The van der Waals surface area contributed by atoms with E-state index in [0.29, 0.717) is 16.5 Å². The Morgan fingerprint density at radius 1 is 0.923 bits per heavy atom. The summed E-state index contributed by atoms with van der Waals surface area (Å²) in [5, 5.41) is 4.37. The number of hydrogen-bond donors (Lipinski definition) is 0. The summed E-state index contributed by atoms with van der Waals surface area (Å²) >= 11 is 0. The molecule has 0 atom stereocenters. The molecule has 0 amide bonds. The molecule has 5 rings (SSSR count). The first-order chi connectivity index (χ1) is 12.7. The van der Waals surface area contributed by atoms with E-state index in [1.54, 1.807) is 13.3 Å². The van der Waals surface area contributed by atoms with Gasteiger partial charge in [-0.25, -0.2) is 0 Å². The van der Waals surface area contributed by atoms with Crippen molar-refractivity contribution in [2.45, 2.75) is 0 Å². The molecule has 3 aromatic carbocycles. The van der Waals surface area contributed by atoms with Gasteiger partial charge < -0.3 is 9.30 Å². The SMILES string of the molecule is COc1cc2cccnc2c2c1c(=O)c1ccc3ccccc3c1n2C. The molecule has 26 heavy (non-hydrogen) atoms. The van der Waals surface area contributed by atoms with Crippen molar-refractivity contribution >= 4 is 43.5 Å². The van der Waals surface area contributed by atoms with Crippen LogP contribution >= 0.6 is 0 Å². The van der Waals surface area contributed by atoms with Crippen LogP contribution in [-0.4, -0.2) is 16.7 Å². The van der Waals surface area contributed by atoms with Crippen molar-refractivity contribution in [3.8, 4) is 5.75 Å². The van der Waals surface area contributed by atoms with Crippen molar-refractivity contribution in [2.75, 3.05) is 7.11 Å². The van der Waals surface area contributed by atoms with Crippen LogP contribution in [0, 0.1) is 0 Å². The predicted molar refractivity (Wildman–Crippen MR) is 106 cm³/mol. The molecule has 0 unspecified atom stereocenters. The minimum atomic E-state index is -0.0248. The second-order valence-corrected chi connectivity index (χ2v) is 6.45. The first kappa shape index (κ1) is 14.9. The molecule has 0 fully saturated rings. The van der Waals surface area contributed by atoms with E-state index in [1.807, 2.05) is 49.5 Å². The van der Waals surface area contributed by atoms with Crippen LogP contribution < -0.4 is 10.2 Å². The number of aryl methyl sites for hydroxylation is 1. The molecule has 0 bridgehead atoms. The van der Waals surface area contributed by atoms with Crippen molar-refractivity contribution < 1.29 is 4.74 Å². The summed E-state index contributed by atoms with van der Waals surface area (Å²) in [4.78, 5) is 17.9. The zero-order valence-corrected chi connectivity index (χ0v) is 14.5. The summed E-state index contributed by atoms with van der Waals surface area (Å²) in [7, 11) is 3.59. The van der Waals surface area contributed by atoms with Crippen LogP contribution in [0.3, 0.4) is 0 Å². The van der Waals surface area contributed by atoms with Crippen LogP contribution in [0.25, 0.3) is 43.5 Å². The quantitative estimate of drug-likeness (QED) is 0.335. The zero-order chi connectivity index (χ0) is 17.8. The molecule has 0 radical (unpaired) electrons. The Morgan fingerprint density at radius 2 is 1.73 bits per heavy atom. The normalized spacial score (nSPS) is 11.6. The van der Waals surface area contributed by atoms with Gasteiger partial charge in [-0.1, -0.05) is 36.4 Å². The minimum absolute atomic E-state index is 0.0248. The summed E-state index contributed by atoms with van der Waals surface area (Å²) in [5.41, 5.74) is 2.50. The maximum atomic E-state index is 13.4. The summed E-state index contributed by atoms with van der Waals surface area (Å²) in [5.74, 6) is 0.580. The Balaban J connectivity index is 2.19. The molecule has 5 aromatic rings. The van der Waals surface area contributed by atoms with Gasteiger partial charge in [0.05, 0.1) is 29.0 Å². The van der Waals surface area contributed by atoms with Crippen LogP contribution in [0.5, 0.6) is 5.75 Å². The number of benzene rings is 3. The third-order valence-electron chi connectivity index (χ3n) is 5.10. The van der Waals surface area contributed by atoms with Gasteiger partial charge >= 0.3 is 0 Å². The van der Waals surface area contributed by atoms with E-state index in [9.17, 15) is 4.79 Å². The van der Waals surface area contributed by atoms with E-state index in [1.165, 1.54) is 0 Å². The first-order valence-electron chi connectivity index (χ1n) is 8.46. The van der Waals surface area contributed by atoms with Gasteiger partial charge in [-0.3, -0.25) is 9.78 Å². The molecule has 2 aromatic heterocycles. The number of hydrogen-bond acceptors (Lipinski definition) is 3. The van der Waals surface area contributed by atoms with Gasteiger partial charge in [0.2, 0.25) is 5.43 Å². The number of ether oxygens (including phenoxy) is 1. The molecule has 4 heteroatoms. The second kappa shape index (κ2) is 5.30. The van der Waals surface area contributed by atoms with E-state index in [2.05, 4.69) is 21.7 Å². The second-order valence-electron chi connectivity index (χ2n) is 6.45. The van der Waals surface area contributed by atoms with E-state index in [4.69, 9.17) is 4.74 Å². The average Bonchev–Trinajstić information content (AvgIpc) is 2.69. The van der Waals surface area contributed by atoms with Gasteiger partial charge in [0, 0.05) is 29.4 Å². The monoisotopic (exact) mass is 340 g/mol. The summed E-state index contributed by atoms with van der Waals surface area (Å²) in [6.07, 6.45) is 1.76. The fraction of sp³-hybridized carbons (Fsp3) is 0.0909. The lowest BCUT2D eigenvalue weighted by Crippen LogP contribution is -2.11. The Kier molecular flexibility index (Phi) is 3.04. The van der Waals surface area contributed by atoms with E-state index >= 15 is 0 Å². The van der Waals surface area contributed by atoms with Crippen LogP contribution in [0.4, 0.5) is 0 Å². The van der Waals surface area contributed by atoms with Crippen LogP contribution in [0.1, 0.15) is 0 Å². The molecular weight excluding hydrogens is 324 g/mol. The number of nitrogens with zero attached hydrogens (tertiary/aromatic N) is 2. The molecular formula is C22H16N2O2. The molecule has 2 heterocycles. The van der Waals surface area contributed by atoms with Crippen molar-refractivity contribution in [3.63, 3.8) is 0 Å². The van der Waals surface area contributed by atoms with Crippen LogP contribution in [-0.2, 0) is 7.05 Å². The third kappa shape index (κ3) is 1.84. The number of methoxy groups -OCH3 is 1. The molecule has 126 valence electrons. The maximum absolute atomic E-state index is 13.4. The molecule has 0 aliphatic carbocycles. The molecule has 0 N–H and O–H groups in total. The highest BCUT2D eigenvalue weighted by molar-refractivity contribution is 6.14. The van der Waals surface area contributed by atoms with Crippen molar-refractivity contribution in [1.82, 2.24) is 9.55 Å². The van der Waals surface area contributed by atoms with Gasteiger partial charge in [0.25, 0.3) is 0 Å². The average molecular weight is 340 g/mol. The molecule has 0 aliphatic rings. The topological polar surface area (TPSA) is 44.1 Å². The lowest BCUT2D eigenvalue weighted by Gasteiger charge is -2.16. The predicted octanol–water partition coefficient (Wildman–Crippen LogP) is 4.40. The van der Waals surface area contributed by atoms with Crippen LogP contribution in [0.2, 0.25) is 0 Å². The summed E-state index contributed by atoms with van der Waals surface area (Å²) in [6.45, 7) is 0. The van der Waals surface area contributed by atoms with Gasteiger partial charge in [-0.15, -0.1) is 0 Å². The highest BCUT2D eigenvalue weighted by atomic mass is 16.5. The fourth-order valence-electron chi connectivity index (χ4n) is 3.93. The van der Waals surface area contributed by atoms with Gasteiger partial charge in [-0.2, -0.15) is 0 Å². The maximum Gasteiger partial charge on any atom is 0.201 e. The third-order valence-corrected chi connectivity index (χ3v) is 5.10. The largest absolute Gasteiger partial charge is 0.496 e. The highest BCUT2D eigenvalue weighted by Gasteiger charge is 2.18. The molecule has 0 aliphatic heterocycles. The number of fused-ring (bicyclic) bond motifs is 6. The minimum Gasteiger partial charge on any atom is -0.496 e. The van der Waals surface area contributed by atoms with E-state index in [-0.39, 0.29) is 5.43 Å². The highest BCUT2D eigenvalue weighted by Crippen LogP contribution is 2.34. The standard InChI is InChI=1S/C22H16N2O2/c1-24-20-15-8-4-3-6-13(15)9-10-16(20)22(25)18-17(26-2)12-14-7-5-11-23-19(14)21(18)24/h3-12H,1-2H3. The Bertz CT molecular complexity index is 1400. The Morgan fingerprint density at radius 3 is 2.58 bits per heavy atom. The van der Waals surface area contributed by atoms with Gasteiger partial charge in [-0.05, 0) is 23.6 Å².